The van der Waals surface area contributed by atoms with Crippen molar-refractivity contribution in [1.82, 2.24) is 10.3 Å². The van der Waals surface area contributed by atoms with E-state index in [2.05, 4.69) is 15.7 Å². The van der Waals surface area contributed by atoms with Gasteiger partial charge in [-0.3, -0.25) is 0 Å². The van der Waals surface area contributed by atoms with Gasteiger partial charge in [-0.15, -0.1) is 11.3 Å². The van der Waals surface area contributed by atoms with Gasteiger partial charge in [-0.1, -0.05) is 0 Å². The van der Waals surface area contributed by atoms with Gasteiger partial charge in [0.25, 0.3) is 0 Å². The van der Waals surface area contributed by atoms with Gasteiger partial charge in [-0.2, -0.15) is 0 Å². The Labute approximate surface area is 104 Å². The molecule has 88 valence electrons. The fraction of sp³-hybridized carbons (Fsp3) is 0.308. The molecular formula is C13H14N2OS. The Morgan fingerprint density at radius 3 is 2.76 bits per heavy atom. The van der Waals surface area contributed by atoms with Crippen LogP contribution >= 0.6 is 11.3 Å². The van der Waals surface area contributed by atoms with Gasteiger partial charge in [0, 0.05) is 23.5 Å². The number of thiazole rings is 1. The van der Waals surface area contributed by atoms with E-state index >= 15 is 0 Å². The molecule has 0 aliphatic heterocycles. The summed E-state index contributed by atoms with van der Waals surface area (Å²) in [4.78, 5) is 4.58. The van der Waals surface area contributed by atoms with E-state index < -0.39 is 0 Å². The number of aromatic hydroxyl groups is 1. The van der Waals surface area contributed by atoms with E-state index in [9.17, 15) is 5.11 Å². The zero-order chi connectivity index (χ0) is 11.7. The maximum atomic E-state index is 9.23. The van der Waals surface area contributed by atoms with Crippen LogP contribution in [-0.4, -0.2) is 16.1 Å². The number of rotatable bonds is 4. The molecule has 1 aliphatic rings. The smallest absolute Gasteiger partial charge is 0.123 e. The number of hydrogen-bond acceptors (Lipinski definition) is 4. The molecule has 0 unspecified atom stereocenters. The quantitative estimate of drug-likeness (QED) is 0.872. The molecule has 0 atom stereocenters. The Morgan fingerprint density at radius 1 is 1.29 bits per heavy atom. The second-order valence-corrected chi connectivity index (χ2v) is 5.20. The third kappa shape index (κ3) is 2.65. The lowest BCUT2D eigenvalue weighted by Crippen LogP contribution is -2.15. The van der Waals surface area contributed by atoms with Crippen LogP contribution < -0.4 is 5.32 Å². The van der Waals surface area contributed by atoms with Crippen LogP contribution in [0.5, 0.6) is 5.75 Å². The van der Waals surface area contributed by atoms with Crippen LogP contribution in [0, 0.1) is 0 Å². The molecule has 1 aliphatic carbocycles. The van der Waals surface area contributed by atoms with E-state index in [0.717, 1.165) is 22.8 Å². The van der Waals surface area contributed by atoms with Gasteiger partial charge in [-0.25, -0.2) is 4.98 Å². The Kier molecular flexibility index (Phi) is 2.82. The fourth-order valence-corrected chi connectivity index (χ4v) is 2.49. The highest BCUT2D eigenvalue weighted by Gasteiger charge is 2.20. The van der Waals surface area contributed by atoms with Crippen molar-refractivity contribution in [3.05, 3.63) is 35.3 Å². The number of benzene rings is 1. The van der Waals surface area contributed by atoms with Crippen LogP contribution in [0.4, 0.5) is 0 Å². The Balaban J connectivity index is 1.72. The zero-order valence-corrected chi connectivity index (χ0v) is 10.2. The fourth-order valence-electron chi connectivity index (χ4n) is 1.66. The lowest BCUT2D eigenvalue weighted by Gasteiger charge is -1.98. The van der Waals surface area contributed by atoms with Gasteiger partial charge < -0.3 is 10.4 Å². The Morgan fingerprint density at radius 2 is 2.06 bits per heavy atom. The highest BCUT2D eigenvalue weighted by Crippen LogP contribution is 2.26. The largest absolute Gasteiger partial charge is 0.508 e. The number of aromatic nitrogens is 1. The lowest BCUT2D eigenvalue weighted by atomic mass is 10.2. The summed E-state index contributed by atoms with van der Waals surface area (Å²) in [5, 5.41) is 15.8. The molecule has 3 nitrogen and oxygen atoms in total. The van der Waals surface area contributed by atoms with Gasteiger partial charge in [0.15, 0.2) is 0 Å². The van der Waals surface area contributed by atoms with Crippen molar-refractivity contribution in [3.8, 4) is 16.3 Å². The minimum absolute atomic E-state index is 0.293. The van der Waals surface area contributed by atoms with Gasteiger partial charge in [0.1, 0.15) is 10.8 Å². The summed E-state index contributed by atoms with van der Waals surface area (Å²) >= 11 is 1.65. The molecule has 0 spiro atoms. The normalized spacial score (nSPS) is 15.1. The summed E-state index contributed by atoms with van der Waals surface area (Å²) in [5.74, 6) is 0.293. The predicted molar refractivity (Wildman–Crippen MR) is 69.1 cm³/mol. The summed E-state index contributed by atoms with van der Waals surface area (Å²) < 4.78 is 0. The number of phenolic OH excluding ortho intramolecular Hbond substituents is 1. The molecule has 1 fully saturated rings. The van der Waals surface area contributed by atoms with Crippen molar-refractivity contribution >= 4 is 11.3 Å². The molecule has 4 heteroatoms. The van der Waals surface area contributed by atoms with E-state index in [0.29, 0.717) is 11.8 Å². The first-order valence-corrected chi connectivity index (χ1v) is 6.66. The number of nitrogens with one attached hydrogen (secondary N) is 1. The van der Waals surface area contributed by atoms with Crippen molar-refractivity contribution in [2.24, 2.45) is 0 Å². The maximum absolute atomic E-state index is 9.23. The summed E-state index contributed by atoms with van der Waals surface area (Å²) in [6.45, 7) is 0.860. The summed E-state index contributed by atoms with van der Waals surface area (Å²) in [6, 6.07) is 7.89. The standard InChI is InChI=1S/C13H14N2OS/c16-12-5-1-9(2-6-12)13-15-11(8-17-13)7-14-10-3-4-10/h1-2,5-6,8,10,14,16H,3-4,7H2. The second-order valence-electron chi connectivity index (χ2n) is 4.35. The van der Waals surface area contributed by atoms with Crippen molar-refractivity contribution in [3.63, 3.8) is 0 Å². The Hall–Kier alpha value is -1.39. The molecule has 0 amide bonds. The molecule has 0 radical (unpaired) electrons. The first-order valence-electron chi connectivity index (χ1n) is 5.78. The molecule has 17 heavy (non-hydrogen) atoms. The minimum atomic E-state index is 0.293. The van der Waals surface area contributed by atoms with Crippen LogP contribution in [0.25, 0.3) is 10.6 Å². The molecule has 1 aromatic carbocycles. The van der Waals surface area contributed by atoms with Gasteiger partial charge in [-0.05, 0) is 37.1 Å². The summed E-state index contributed by atoms with van der Waals surface area (Å²) in [7, 11) is 0. The molecule has 0 saturated heterocycles. The van der Waals surface area contributed by atoms with E-state index in [1.165, 1.54) is 12.8 Å². The van der Waals surface area contributed by atoms with Crippen molar-refractivity contribution < 1.29 is 5.11 Å². The van der Waals surface area contributed by atoms with E-state index in [-0.39, 0.29) is 0 Å². The third-order valence-electron chi connectivity index (χ3n) is 2.82. The van der Waals surface area contributed by atoms with Gasteiger partial charge >= 0.3 is 0 Å². The van der Waals surface area contributed by atoms with Gasteiger partial charge in [0.05, 0.1) is 5.69 Å². The molecule has 3 rings (SSSR count). The van der Waals surface area contributed by atoms with Crippen molar-refractivity contribution in [1.29, 1.82) is 0 Å². The van der Waals surface area contributed by atoms with Crippen LogP contribution in [0.1, 0.15) is 18.5 Å². The molecule has 2 aromatic rings. The third-order valence-corrected chi connectivity index (χ3v) is 3.76. The molecule has 1 aromatic heterocycles. The predicted octanol–water partition coefficient (Wildman–Crippen LogP) is 2.77. The molecule has 0 bridgehead atoms. The van der Waals surface area contributed by atoms with E-state index in [4.69, 9.17) is 0 Å². The van der Waals surface area contributed by atoms with Crippen LogP contribution in [0.15, 0.2) is 29.6 Å². The average Bonchev–Trinajstić information content (AvgIpc) is 3.06. The first-order chi connectivity index (χ1) is 8.31. The molecule has 2 N–H and O–H groups in total. The van der Waals surface area contributed by atoms with E-state index in [1.54, 1.807) is 23.5 Å². The Bertz CT molecular complexity index is 502. The summed E-state index contributed by atoms with van der Waals surface area (Å²) in [5.41, 5.74) is 2.16. The molecular weight excluding hydrogens is 232 g/mol. The zero-order valence-electron chi connectivity index (χ0n) is 9.39. The van der Waals surface area contributed by atoms with Crippen LogP contribution in [-0.2, 0) is 6.54 Å². The maximum Gasteiger partial charge on any atom is 0.123 e. The van der Waals surface area contributed by atoms with Crippen molar-refractivity contribution in [2.45, 2.75) is 25.4 Å². The number of phenols is 1. The highest BCUT2D eigenvalue weighted by molar-refractivity contribution is 7.13. The highest BCUT2D eigenvalue weighted by atomic mass is 32.1. The first kappa shape index (κ1) is 10.7. The molecule has 1 saturated carbocycles. The van der Waals surface area contributed by atoms with Crippen LogP contribution in [0.2, 0.25) is 0 Å². The second kappa shape index (κ2) is 4.47. The SMILES string of the molecule is Oc1ccc(-c2nc(CNC3CC3)cs2)cc1. The number of hydrogen-bond donors (Lipinski definition) is 2. The van der Waals surface area contributed by atoms with Crippen molar-refractivity contribution in [2.75, 3.05) is 0 Å². The monoisotopic (exact) mass is 246 g/mol. The molecule has 1 heterocycles. The number of nitrogens with zero attached hydrogens (tertiary/aromatic N) is 1. The van der Waals surface area contributed by atoms with E-state index in [1.807, 2.05) is 12.1 Å². The average molecular weight is 246 g/mol. The minimum Gasteiger partial charge on any atom is -0.508 e. The van der Waals surface area contributed by atoms with Crippen LogP contribution in [0.3, 0.4) is 0 Å². The van der Waals surface area contributed by atoms with Gasteiger partial charge in [0.2, 0.25) is 0 Å². The topological polar surface area (TPSA) is 45.2 Å². The summed E-state index contributed by atoms with van der Waals surface area (Å²) in [6.07, 6.45) is 2.60. The lowest BCUT2D eigenvalue weighted by molar-refractivity contribution is 0.475.